The molecule has 1 heterocycles. The first-order valence-electron chi connectivity index (χ1n) is 11.4. The Labute approximate surface area is 212 Å². The molecule has 0 spiro atoms. The van der Waals surface area contributed by atoms with E-state index < -0.39 is 17.8 Å². The number of carbonyl (C=O) groups excluding carboxylic acids is 3. The molecule has 37 heavy (non-hydrogen) atoms. The summed E-state index contributed by atoms with van der Waals surface area (Å²) in [7, 11) is 0. The molecule has 0 unspecified atom stereocenters. The molecule has 3 aromatic carbocycles. The molecule has 0 aliphatic rings. The molecule has 0 aliphatic carbocycles. The van der Waals surface area contributed by atoms with Gasteiger partial charge in [-0.15, -0.1) is 0 Å². The van der Waals surface area contributed by atoms with E-state index in [2.05, 4.69) is 15.8 Å². The highest BCUT2D eigenvalue weighted by Crippen LogP contribution is 2.29. The Hall–Kier alpha value is -5.18. The minimum Gasteiger partial charge on any atom is -0.490 e. The average Bonchev–Trinajstić information content (AvgIpc) is 3.46. The van der Waals surface area contributed by atoms with Crippen molar-refractivity contribution in [3.8, 4) is 11.5 Å². The van der Waals surface area contributed by atoms with Crippen molar-refractivity contribution < 1.29 is 28.3 Å². The van der Waals surface area contributed by atoms with Gasteiger partial charge in [0.05, 0.1) is 24.6 Å². The van der Waals surface area contributed by atoms with Gasteiger partial charge < -0.3 is 19.2 Å². The van der Waals surface area contributed by atoms with Gasteiger partial charge in [-0.2, -0.15) is 5.10 Å². The van der Waals surface area contributed by atoms with E-state index >= 15 is 0 Å². The molecule has 2 amide bonds. The van der Waals surface area contributed by atoms with Crippen LogP contribution in [0.2, 0.25) is 0 Å². The number of benzene rings is 3. The van der Waals surface area contributed by atoms with E-state index in [9.17, 15) is 14.4 Å². The first kappa shape index (κ1) is 24.9. The van der Waals surface area contributed by atoms with Crippen molar-refractivity contribution in [2.45, 2.75) is 6.92 Å². The molecule has 2 N–H and O–H groups in total. The van der Waals surface area contributed by atoms with Gasteiger partial charge in [0, 0.05) is 11.3 Å². The molecule has 1 aromatic heterocycles. The molecule has 0 bridgehead atoms. The monoisotopic (exact) mass is 497 g/mol. The number of amides is 2. The van der Waals surface area contributed by atoms with Gasteiger partial charge in [-0.05, 0) is 73.2 Å². The van der Waals surface area contributed by atoms with E-state index in [1.807, 2.05) is 13.0 Å². The molecule has 0 radical (unpaired) electrons. The molecule has 9 heteroatoms. The zero-order chi connectivity index (χ0) is 26.0. The number of nitrogens with one attached hydrogen (secondary N) is 2. The molecule has 186 valence electrons. The van der Waals surface area contributed by atoms with Crippen LogP contribution in [0.1, 0.15) is 43.8 Å². The number of hydrazone groups is 1. The molecule has 4 aromatic rings. The van der Waals surface area contributed by atoms with Crippen LogP contribution in [0.3, 0.4) is 0 Å². The van der Waals surface area contributed by atoms with Crippen LogP contribution in [-0.4, -0.2) is 30.6 Å². The zero-order valence-electron chi connectivity index (χ0n) is 19.8. The highest BCUT2D eigenvalue weighted by Gasteiger charge is 2.13. The number of esters is 1. The Kier molecular flexibility index (Phi) is 8.07. The number of anilines is 1. The number of hydrogen-bond acceptors (Lipinski definition) is 7. The van der Waals surface area contributed by atoms with Crippen LogP contribution in [0.4, 0.5) is 5.69 Å². The predicted molar refractivity (Wildman–Crippen MR) is 137 cm³/mol. The maximum atomic E-state index is 12.5. The van der Waals surface area contributed by atoms with Gasteiger partial charge in [-0.25, -0.2) is 10.2 Å². The van der Waals surface area contributed by atoms with Crippen molar-refractivity contribution in [1.29, 1.82) is 0 Å². The van der Waals surface area contributed by atoms with Crippen LogP contribution in [-0.2, 0) is 0 Å². The Bertz CT molecular complexity index is 1420. The summed E-state index contributed by atoms with van der Waals surface area (Å²) < 4.78 is 16.2. The number of carbonyl (C=O) groups is 3. The summed E-state index contributed by atoms with van der Waals surface area (Å²) in [5.41, 5.74) is 4.21. The second-order valence-corrected chi connectivity index (χ2v) is 7.61. The summed E-state index contributed by atoms with van der Waals surface area (Å²) in [6, 6.07) is 23.1. The summed E-state index contributed by atoms with van der Waals surface area (Å²) >= 11 is 0. The third-order valence-corrected chi connectivity index (χ3v) is 4.99. The fourth-order valence-corrected chi connectivity index (χ4v) is 3.26. The third-order valence-electron chi connectivity index (χ3n) is 4.99. The molecule has 0 aliphatic heterocycles. The molecular weight excluding hydrogens is 474 g/mol. The van der Waals surface area contributed by atoms with Crippen molar-refractivity contribution in [3.63, 3.8) is 0 Å². The average molecular weight is 498 g/mol. The molecule has 0 saturated carbocycles. The number of rotatable bonds is 9. The first-order chi connectivity index (χ1) is 18.0. The second kappa shape index (κ2) is 12.0. The lowest BCUT2D eigenvalue weighted by Crippen LogP contribution is -2.18. The van der Waals surface area contributed by atoms with Gasteiger partial charge in [0.2, 0.25) is 0 Å². The molecule has 0 fully saturated rings. The second-order valence-electron chi connectivity index (χ2n) is 7.61. The maximum absolute atomic E-state index is 12.5. The van der Waals surface area contributed by atoms with Crippen molar-refractivity contribution in [2.24, 2.45) is 5.10 Å². The minimum atomic E-state index is -0.502. The number of furan rings is 1. The van der Waals surface area contributed by atoms with Gasteiger partial charge in [-0.1, -0.05) is 24.3 Å². The van der Waals surface area contributed by atoms with Crippen molar-refractivity contribution in [2.75, 3.05) is 11.9 Å². The van der Waals surface area contributed by atoms with Gasteiger partial charge >= 0.3 is 5.97 Å². The van der Waals surface area contributed by atoms with E-state index in [4.69, 9.17) is 13.9 Å². The van der Waals surface area contributed by atoms with Crippen LogP contribution in [0.5, 0.6) is 11.5 Å². The quantitative estimate of drug-likeness (QED) is 0.147. The SMILES string of the molecule is CCOc1cc(C=NNC(=O)c2cccc(NC(=O)c3ccco3)c2)ccc1OC(=O)c1ccccc1. The smallest absolute Gasteiger partial charge is 0.343 e. The molecule has 4 rings (SSSR count). The molecule has 0 saturated heterocycles. The summed E-state index contributed by atoms with van der Waals surface area (Å²) in [4.78, 5) is 37.1. The lowest BCUT2D eigenvalue weighted by atomic mass is 10.2. The Morgan fingerprint density at radius 2 is 1.68 bits per heavy atom. The molecule has 0 atom stereocenters. The van der Waals surface area contributed by atoms with Gasteiger partial charge in [0.15, 0.2) is 17.3 Å². The summed E-state index contributed by atoms with van der Waals surface area (Å²) in [6.07, 6.45) is 2.84. The van der Waals surface area contributed by atoms with Gasteiger partial charge in [0.1, 0.15) is 0 Å². The summed E-state index contributed by atoms with van der Waals surface area (Å²) in [5, 5.41) is 6.67. The highest BCUT2D eigenvalue weighted by atomic mass is 16.6. The van der Waals surface area contributed by atoms with Crippen LogP contribution in [0.15, 0.2) is 101 Å². The Balaban J connectivity index is 1.39. The maximum Gasteiger partial charge on any atom is 0.343 e. The standard InChI is InChI=1S/C28H23N3O6/c1-2-35-25-16-19(13-14-23(25)37-28(34)20-8-4-3-5-9-20)18-29-31-26(32)21-10-6-11-22(17-21)30-27(33)24-12-7-15-36-24/h3-18H,2H2,1H3,(H,30,33)(H,31,32). The normalized spacial score (nSPS) is 10.6. The van der Waals surface area contributed by atoms with Gasteiger partial charge in [0.25, 0.3) is 11.8 Å². The summed E-state index contributed by atoms with van der Waals surface area (Å²) in [5.74, 6) is -0.607. The largest absolute Gasteiger partial charge is 0.490 e. The Morgan fingerprint density at radius 1 is 0.865 bits per heavy atom. The molecule has 9 nitrogen and oxygen atoms in total. The number of hydrogen-bond donors (Lipinski definition) is 2. The Morgan fingerprint density at radius 3 is 2.43 bits per heavy atom. The fraction of sp³-hybridized carbons (Fsp3) is 0.0714. The van der Waals surface area contributed by atoms with Gasteiger partial charge in [-0.3, -0.25) is 9.59 Å². The van der Waals surface area contributed by atoms with Crippen LogP contribution in [0.25, 0.3) is 0 Å². The van der Waals surface area contributed by atoms with Crippen molar-refractivity contribution in [1.82, 2.24) is 5.43 Å². The molecular formula is C28H23N3O6. The van der Waals surface area contributed by atoms with Crippen molar-refractivity contribution >= 4 is 29.7 Å². The van der Waals surface area contributed by atoms with E-state index in [-0.39, 0.29) is 11.5 Å². The van der Waals surface area contributed by atoms with E-state index in [1.165, 1.54) is 24.6 Å². The highest BCUT2D eigenvalue weighted by molar-refractivity contribution is 6.03. The van der Waals surface area contributed by atoms with Crippen molar-refractivity contribution in [3.05, 3.63) is 114 Å². The lowest BCUT2D eigenvalue weighted by Gasteiger charge is -2.11. The first-order valence-corrected chi connectivity index (χ1v) is 11.4. The van der Waals surface area contributed by atoms with E-state index in [0.717, 1.165) is 0 Å². The van der Waals surface area contributed by atoms with Crippen LogP contribution >= 0.6 is 0 Å². The van der Waals surface area contributed by atoms with E-state index in [0.29, 0.717) is 34.7 Å². The van der Waals surface area contributed by atoms with Crippen LogP contribution < -0.4 is 20.2 Å². The lowest BCUT2D eigenvalue weighted by molar-refractivity contribution is 0.0728. The fourth-order valence-electron chi connectivity index (χ4n) is 3.26. The predicted octanol–water partition coefficient (Wildman–Crippen LogP) is 4.91. The zero-order valence-corrected chi connectivity index (χ0v) is 19.8. The summed E-state index contributed by atoms with van der Waals surface area (Å²) in [6.45, 7) is 2.18. The van der Waals surface area contributed by atoms with E-state index in [1.54, 1.807) is 66.7 Å². The minimum absolute atomic E-state index is 0.159. The topological polar surface area (TPSA) is 119 Å². The van der Waals surface area contributed by atoms with Crippen LogP contribution in [0, 0.1) is 0 Å². The number of ether oxygens (including phenoxy) is 2. The number of nitrogens with zero attached hydrogens (tertiary/aromatic N) is 1. The third kappa shape index (κ3) is 6.70.